The van der Waals surface area contributed by atoms with Crippen molar-refractivity contribution in [3.63, 3.8) is 0 Å². The number of carbonyl (C=O) groups is 1. The van der Waals surface area contributed by atoms with Gasteiger partial charge in [0.2, 0.25) is 6.29 Å². The molecule has 1 fully saturated rings. The predicted molar refractivity (Wildman–Crippen MR) is 39.9 cm³/mol. The van der Waals surface area contributed by atoms with Gasteiger partial charge in [0.1, 0.15) is 0 Å². The first-order valence-corrected chi connectivity index (χ1v) is 3.95. The SMILES string of the molecule is CC(C)CC1OC(=O)C(C)O1. The van der Waals surface area contributed by atoms with Crippen LogP contribution in [0.2, 0.25) is 0 Å². The lowest BCUT2D eigenvalue weighted by Crippen LogP contribution is -2.12. The van der Waals surface area contributed by atoms with Gasteiger partial charge in [-0.15, -0.1) is 0 Å². The van der Waals surface area contributed by atoms with Gasteiger partial charge >= 0.3 is 5.97 Å². The fourth-order valence-corrected chi connectivity index (χ4v) is 1.02. The van der Waals surface area contributed by atoms with Crippen LogP contribution in [0.1, 0.15) is 27.2 Å². The van der Waals surface area contributed by atoms with E-state index in [2.05, 4.69) is 13.8 Å². The first-order valence-electron chi connectivity index (χ1n) is 3.95. The molecule has 11 heavy (non-hydrogen) atoms. The summed E-state index contributed by atoms with van der Waals surface area (Å²) in [4.78, 5) is 10.8. The van der Waals surface area contributed by atoms with E-state index in [-0.39, 0.29) is 18.4 Å². The van der Waals surface area contributed by atoms with Crippen LogP contribution in [0.25, 0.3) is 0 Å². The van der Waals surface area contributed by atoms with Gasteiger partial charge < -0.3 is 9.47 Å². The number of rotatable bonds is 2. The molecule has 0 bridgehead atoms. The average molecular weight is 158 g/mol. The summed E-state index contributed by atoms with van der Waals surface area (Å²) in [6, 6.07) is 0. The molecule has 1 aliphatic rings. The summed E-state index contributed by atoms with van der Waals surface area (Å²) in [5.74, 6) is 0.258. The molecule has 1 rings (SSSR count). The van der Waals surface area contributed by atoms with E-state index in [1.165, 1.54) is 0 Å². The number of ether oxygens (including phenoxy) is 2. The standard InChI is InChI=1S/C8H14O3/c1-5(2)4-7-10-6(3)8(9)11-7/h5-7H,4H2,1-3H3. The minimum Gasteiger partial charge on any atom is -0.434 e. The quantitative estimate of drug-likeness (QED) is 0.568. The molecular weight excluding hydrogens is 144 g/mol. The minimum absolute atomic E-state index is 0.240. The Kier molecular flexibility index (Phi) is 2.49. The van der Waals surface area contributed by atoms with Crippen LogP contribution < -0.4 is 0 Å². The smallest absolute Gasteiger partial charge is 0.337 e. The van der Waals surface area contributed by atoms with Gasteiger partial charge in [-0.05, 0) is 12.8 Å². The third kappa shape index (κ3) is 2.19. The fourth-order valence-electron chi connectivity index (χ4n) is 1.02. The van der Waals surface area contributed by atoms with Crippen LogP contribution in [-0.4, -0.2) is 18.4 Å². The first kappa shape index (κ1) is 8.53. The van der Waals surface area contributed by atoms with Crippen molar-refractivity contribution in [2.75, 3.05) is 0 Å². The molecule has 0 radical (unpaired) electrons. The van der Waals surface area contributed by atoms with Crippen LogP contribution in [0.5, 0.6) is 0 Å². The Morgan fingerprint density at radius 1 is 1.55 bits per heavy atom. The van der Waals surface area contributed by atoms with Crippen molar-refractivity contribution in [2.24, 2.45) is 5.92 Å². The van der Waals surface area contributed by atoms with Crippen molar-refractivity contribution in [3.05, 3.63) is 0 Å². The molecule has 1 saturated heterocycles. The van der Waals surface area contributed by atoms with Crippen molar-refractivity contribution in [1.29, 1.82) is 0 Å². The molecule has 0 N–H and O–H groups in total. The Labute approximate surface area is 66.7 Å². The monoisotopic (exact) mass is 158 g/mol. The maximum absolute atomic E-state index is 10.8. The lowest BCUT2D eigenvalue weighted by molar-refractivity contribution is -0.144. The zero-order chi connectivity index (χ0) is 8.43. The average Bonchev–Trinajstić information content (AvgIpc) is 2.10. The van der Waals surface area contributed by atoms with Crippen molar-refractivity contribution < 1.29 is 14.3 Å². The van der Waals surface area contributed by atoms with E-state index in [4.69, 9.17) is 9.47 Å². The van der Waals surface area contributed by atoms with Crippen molar-refractivity contribution >= 4 is 5.97 Å². The van der Waals surface area contributed by atoms with Crippen LogP contribution in [0.15, 0.2) is 0 Å². The molecule has 0 aromatic heterocycles. The molecule has 0 spiro atoms. The zero-order valence-corrected chi connectivity index (χ0v) is 7.16. The van der Waals surface area contributed by atoms with E-state index in [0.29, 0.717) is 5.92 Å². The highest BCUT2D eigenvalue weighted by Crippen LogP contribution is 2.18. The lowest BCUT2D eigenvalue weighted by atomic mass is 10.1. The number of hydrogen-bond acceptors (Lipinski definition) is 3. The van der Waals surface area contributed by atoms with Crippen LogP contribution in [0.4, 0.5) is 0 Å². The summed E-state index contributed by atoms with van der Waals surface area (Å²) in [7, 11) is 0. The number of cyclic esters (lactones) is 1. The minimum atomic E-state index is -0.376. The van der Waals surface area contributed by atoms with E-state index in [1.54, 1.807) is 6.92 Å². The maximum Gasteiger partial charge on any atom is 0.337 e. The molecule has 2 unspecified atom stereocenters. The molecule has 0 amide bonds. The molecule has 0 saturated carbocycles. The zero-order valence-electron chi connectivity index (χ0n) is 7.16. The Hall–Kier alpha value is -0.570. The summed E-state index contributed by atoms with van der Waals surface area (Å²) in [5, 5.41) is 0. The number of carbonyl (C=O) groups excluding carboxylic acids is 1. The normalized spacial score (nSPS) is 31.1. The van der Waals surface area contributed by atoms with Gasteiger partial charge in [-0.1, -0.05) is 13.8 Å². The van der Waals surface area contributed by atoms with Crippen molar-refractivity contribution in [3.8, 4) is 0 Å². The molecule has 3 nitrogen and oxygen atoms in total. The number of esters is 1. The van der Waals surface area contributed by atoms with Gasteiger partial charge in [0.05, 0.1) is 0 Å². The summed E-state index contributed by atoms with van der Waals surface area (Å²) >= 11 is 0. The van der Waals surface area contributed by atoms with E-state index < -0.39 is 0 Å². The second-order valence-electron chi connectivity index (χ2n) is 3.27. The molecule has 3 heteroatoms. The molecule has 1 aliphatic heterocycles. The Morgan fingerprint density at radius 3 is 2.55 bits per heavy atom. The first-order chi connectivity index (χ1) is 5.09. The molecular formula is C8H14O3. The molecule has 2 atom stereocenters. The van der Waals surface area contributed by atoms with E-state index in [0.717, 1.165) is 6.42 Å². The van der Waals surface area contributed by atoms with Gasteiger partial charge in [0.25, 0.3) is 0 Å². The third-order valence-corrected chi connectivity index (χ3v) is 1.60. The second kappa shape index (κ2) is 3.22. The molecule has 0 aromatic rings. The third-order valence-electron chi connectivity index (χ3n) is 1.60. The van der Waals surface area contributed by atoms with Gasteiger partial charge in [0, 0.05) is 6.42 Å². The van der Waals surface area contributed by atoms with Gasteiger partial charge in [-0.3, -0.25) is 0 Å². The topological polar surface area (TPSA) is 35.5 Å². The summed E-state index contributed by atoms with van der Waals surface area (Å²) < 4.78 is 10.1. The van der Waals surface area contributed by atoms with Crippen molar-refractivity contribution in [1.82, 2.24) is 0 Å². The molecule has 1 heterocycles. The fraction of sp³-hybridized carbons (Fsp3) is 0.875. The van der Waals surface area contributed by atoms with E-state index >= 15 is 0 Å². The molecule has 0 aliphatic carbocycles. The predicted octanol–water partition coefficient (Wildman–Crippen LogP) is 1.32. The number of hydrogen-bond donors (Lipinski definition) is 0. The highest BCUT2D eigenvalue weighted by atomic mass is 16.7. The maximum atomic E-state index is 10.8. The highest BCUT2D eigenvalue weighted by molar-refractivity contribution is 5.75. The van der Waals surface area contributed by atoms with Gasteiger partial charge in [0.15, 0.2) is 6.10 Å². The van der Waals surface area contributed by atoms with Crippen LogP contribution in [0, 0.1) is 5.92 Å². The van der Waals surface area contributed by atoms with Crippen LogP contribution in [-0.2, 0) is 14.3 Å². The Balaban J connectivity index is 2.35. The summed E-state index contributed by atoms with van der Waals surface area (Å²) in [6.07, 6.45) is 0.104. The van der Waals surface area contributed by atoms with E-state index in [9.17, 15) is 4.79 Å². The second-order valence-corrected chi connectivity index (χ2v) is 3.27. The summed E-state index contributed by atoms with van der Waals surface area (Å²) in [5.41, 5.74) is 0. The highest BCUT2D eigenvalue weighted by Gasteiger charge is 2.31. The summed E-state index contributed by atoms with van der Waals surface area (Å²) in [6.45, 7) is 5.85. The molecule has 0 aromatic carbocycles. The lowest BCUT2D eigenvalue weighted by Gasteiger charge is -2.10. The molecule has 64 valence electrons. The largest absolute Gasteiger partial charge is 0.434 e. The van der Waals surface area contributed by atoms with Crippen LogP contribution >= 0.6 is 0 Å². The van der Waals surface area contributed by atoms with Gasteiger partial charge in [-0.2, -0.15) is 0 Å². The van der Waals surface area contributed by atoms with E-state index in [1.807, 2.05) is 0 Å². The Morgan fingerprint density at radius 2 is 2.18 bits per heavy atom. The van der Waals surface area contributed by atoms with Gasteiger partial charge in [-0.25, -0.2) is 4.79 Å². The Bertz CT molecular complexity index is 153. The van der Waals surface area contributed by atoms with Crippen LogP contribution in [0.3, 0.4) is 0 Å². The van der Waals surface area contributed by atoms with Crippen molar-refractivity contribution in [2.45, 2.75) is 39.6 Å².